The average molecular weight is 309 g/mol. The Morgan fingerprint density at radius 1 is 0.957 bits per heavy atom. The van der Waals surface area contributed by atoms with Gasteiger partial charge in [0, 0.05) is 37.8 Å². The van der Waals surface area contributed by atoms with Crippen molar-refractivity contribution in [3.05, 3.63) is 60.2 Å². The molecule has 1 aliphatic heterocycles. The molecule has 0 bridgehead atoms. The van der Waals surface area contributed by atoms with Gasteiger partial charge in [-0.3, -0.25) is 0 Å². The van der Waals surface area contributed by atoms with Crippen LogP contribution in [0.25, 0.3) is 0 Å². The molecule has 120 valence electrons. The molecular weight excluding hydrogens is 286 g/mol. The maximum atomic E-state index is 5.31. The number of methoxy groups -OCH3 is 1. The SMILES string of the molecule is COc1cccc(N=C(c2ccccc2)N2CCN(C)CC2)c1. The molecular formula is C19H23N3O. The molecule has 23 heavy (non-hydrogen) atoms. The third-order valence-electron chi connectivity index (χ3n) is 4.12. The van der Waals surface area contributed by atoms with Crippen LogP contribution in [0.4, 0.5) is 5.69 Å². The van der Waals surface area contributed by atoms with Crippen LogP contribution < -0.4 is 4.74 Å². The number of piperazine rings is 1. The summed E-state index contributed by atoms with van der Waals surface area (Å²) in [4.78, 5) is 9.65. The maximum Gasteiger partial charge on any atom is 0.136 e. The fraction of sp³-hybridized carbons (Fsp3) is 0.316. The molecule has 1 heterocycles. The summed E-state index contributed by atoms with van der Waals surface area (Å²) in [5.74, 6) is 1.86. The molecule has 0 spiro atoms. The van der Waals surface area contributed by atoms with Crippen LogP contribution in [0.15, 0.2) is 59.6 Å². The normalized spacial score (nSPS) is 16.4. The van der Waals surface area contributed by atoms with Crippen molar-refractivity contribution < 1.29 is 4.74 Å². The molecule has 0 N–H and O–H groups in total. The summed E-state index contributed by atoms with van der Waals surface area (Å²) >= 11 is 0. The van der Waals surface area contributed by atoms with Crippen LogP contribution in [0.5, 0.6) is 5.75 Å². The summed E-state index contributed by atoms with van der Waals surface area (Å²) in [5, 5.41) is 0. The number of rotatable bonds is 3. The quantitative estimate of drug-likeness (QED) is 0.644. The summed E-state index contributed by atoms with van der Waals surface area (Å²) < 4.78 is 5.31. The van der Waals surface area contributed by atoms with Crippen LogP contribution in [0.2, 0.25) is 0 Å². The van der Waals surface area contributed by atoms with E-state index in [1.807, 2.05) is 30.3 Å². The molecule has 3 rings (SSSR count). The smallest absolute Gasteiger partial charge is 0.136 e. The van der Waals surface area contributed by atoms with Crippen molar-refractivity contribution in [1.82, 2.24) is 9.80 Å². The zero-order chi connectivity index (χ0) is 16.1. The first kappa shape index (κ1) is 15.6. The van der Waals surface area contributed by atoms with Crippen LogP contribution >= 0.6 is 0 Å². The van der Waals surface area contributed by atoms with E-state index in [4.69, 9.17) is 9.73 Å². The van der Waals surface area contributed by atoms with Crippen molar-refractivity contribution >= 4 is 11.5 Å². The minimum atomic E-state index is 0.831. The molecule has 0 aromatic heterocycles. The Morgan fingerprint density at radius 2 is 1.70 bits per heavy atom. The van der Waals surface area contributed by atoms with Crippen molar-refractivity contribution in [3.8, 4) is 5.75 Å². The first-order valence-electron chi connectivity index (χ1n) is 7.98. The Bertz CT molecular complexity index is 661. The van der Waals surface area contributed by atoms with Crippen LogP contribution in [0.1, 0.15) is 5.56 Å². The Kier molecular flexibility index (Phi) is 4.93. The van der Waals surface area contributed by atoms with Crippen LogP contribution in [-0.4, -0.2) is 56.0 Å². The second-order valence-electron chi connectivity index (χ2n) is 5.79. The van der Waals surface area contributed by atoms with Gasteiger partial charge in [0.25, 0.3) is 0 Å². The van der Waals surface area contributed by atoms with Crippen LogP contribution in [-0.2, 0) is 0 Å². The van der Waals surface area contributed by atoms with Gasteiger partial charge in [-0.05, 0) is 19.2 Å². The van der Waals surface area contributed by atoms with E-state index in [1.54, 1.807) is 7.11 Å². The van der Waals surface area contributed by atoms with E-state index in [-0.39, 0.29) is 0 Å². The molecule has 1 fully saturated rings. The highest BCUT2D eigenvalue weighted by atomic mass is 16.5. The summed E-state index contributed by atoms with van der Waals surface area (Å²) in [6.07, 6.45) is 0. The lowest BCUT2D eigenvalue weighted by Gasteiger charge is -2.34. The van der Waals surface area contributed by atoms with Crippen LogP contribution in [0.3, 0.4) is 0 Å². The van der Waals surface area contributed by atoms with Gasteiger partial charge in [0.1, 0.15) is 11.6 Å². The van der Waals surface area contributed by atoms with E-state index in [2.05, 4.69) is 41.1 Å². The molecule has 1 saturated heterocycles. The summed E-state index contributed by atoms with van der Waals surface area (Å²) in [6.45, 7) is 4.11. The lowest BCUT2D eigenvalue weighted by Crippen LogP contribution is -2.47. The van der Waals surface area contributed by atoms with Gasteiger partial charge in [-0.25, -0.2) is 4.99 Å². The first-order valence-corrected chi connectivity index (χ1v) is 7.98. The fourth-order valence-electron chi connectivity index (χ4n) is 2.73. The molecule has 0 amide bonds. The Hall–Kier alpha value is -2.33. The minimum Gasteiger partial charge on any atom is -0.497 e. The number of aliphatic imine (C=N–C) groups is 1. The molecule has 0 radical (unpaired) electrons. The predicted octanol–water partition coefficient (Wildman–Crippen LogP) is 3.02. The third kappa shape index (κ3) is 3.90. The van der Waals surface area contributed by atoms with E-state index >= 15 is 0 Å². The van der Waals surface area contributed by atoms with Gasteiger partial charge in [-0.15, -0.1) is 0 Å². The highest BCUT2D eigenvalue weighted by Crippen LogP contribution is 2.22. The van der Waals surface area contributed by atoms with E-state index in [1.165, 1.54) is 0 Å². The lowest BCUT2D eigenvalue weighted by molar-refractivity contribution is 0.216. The number of benzene rings is 2. The first-order chi connectivity index (χ1) is 11.3. The molecule has 2 aromatic carbocycles. The van der Waals surface area contributed by atoms with Crippen molar-refractivity contribution in [2.24, 2.45) is 4.99 Å². The van der Waals surface area contributed by atoms with E-state index in [9.17, 15) is 0 Å². The number of nitrogens with zero attached hydrogens (tertiary/aromatic N) is 3. The second kappa shape index (κ2) is 7.29. The van der Waals surface area contributed by atoms with Gasteiger partial charge in [0.15, 0.2) is 0 Å². The molecule has 1 aliphatic rings. The molecule has 0 atom stereocenters. The monoisotopic (exact) mass is 309 g/mol. The summed E-state index contributed by atoms with van der Waals surface area (Å²) in [5.41, 5.74) is 2.07. The van der Waals surface area contributed by atoms with Crippen LogP contribution in [0, 0.1) is 0 Å². The zero-order valence-electron chi connectivity index (χ0n) is 13.8. The molecule has 2 aromatic rings. The molecule has 4 nitrogen and oxygen atoms in total. The number of amidine groups is 1. The highest BCUT2D eigenvalue weighted by molar-refractivity contribution is 6.00. The van der Waals surface area contributed by atoms with Gasteiger partial charge in [0.2, 0.25) is 0 Å². The van der Waals surface area contributed by atoms with E-state index in [0.29, 0.717) is 0 Å². The Balaban J connectivity index is 1.95. The largest absolute Gasteiger partial charge is 0.497 e. The van der Waals surface area contributed by atoms with Gasteiger partial charge >= 0.3 is 0 Å². The lowest BCUT2D eigenvalue weighted by atomic mass is 10.1. The summed E-state index contributed by atoms with van der Waals surface area (Å²) in [7, 11) is 3.85. The van der Waals surface area contributed by atoms with Gasteiger partial charge in [-0.1, -0.05) is 36.4 Å². The van der Waals surface area contributed by atoms with Crippen molar-refractivity contribution in [2.45, 2.75) is 0 Å². The van der Waals surface area contributed by atoms with E-state index in [0.717, 1.165) is 49.0 Å². The number of hydrogen-bond acceptors (Lipinski definition) is 3. The zero-order valence-corrected chi connectivity index (χ0v) is 13.8. The van der Waals surface area contributed by atoms with Gasteiger partial charge in [0.05, 0.1) is 12.8 Å². The average Bonchev–Trinajstić information content (AvgIpc) is 2.61. The number of likely N-dealkylation sites (N-methyl/N-ethyl adjacent to an activating group) is 1. The predicted molar refractivity (Wildman–Crippen MR) is 94.7 cm³/mol. The second-order valence-corrected chi connectivity index (χ2v) is 5.79. The van der Waals surface area contributed by atoms with Crippen molar-refractivity contribution in [1.29, 1.82) is 0 Å². The summed E-state index contributed by atoms with van der Waals surface area (Å²) in [6, 6.07) is 18.3. The van der Waals surface area contributed by atoms with Gasteiger partial charge < -0.3 is 14.5 Å². The Morgan fingerprint density at radius 3 is 2.39 bits per heavy atom. The Labute approximate surface area is 138 Å². The topological polar surface area (TPSA) is 28.1 Å². The molecule has 4 heteroatoms. The van der Waals surface area contributed by atoms with Gasteiger partial charge in [-0.2, -0.15) is 0 Å². The molecule has 0 aliphatic carbocycles. The molecule has 0 saturated carbocycles. The van der Waals surface area contributed by atoms with Crippen molar-refractivity contribution in [3.63, 3.8) is 0 Å². The molecule has 0 unspecified atom stereocenters. The minimum absolute atomic E-state index is 0.831. The third-order valence-corrected chi connectivity index (χ3v) is 4.12. The highest BCUT2D eigenvalue weighted by Gasteiger charge is 2.19. The number of ether oxygens (including phenoxy) is 1. The standard InChI is InChI=1S/C19H23N3O/c1-21-11-13-22(14-12-21)19(16-7-4-3-5-8-16)20-17-9-6-10-18(15-17)23-2/h3-10,15H,11-14H2,1-2H3. The maximum absolute atomic E-state index is 5.31. The number of hydrogen-bond donors (Lipinski definition) is 0. The van der Waals surface area contributed by atoms with E-state index < -0.39 is 0 Å². The fourth-order valence-corrected chi connectivity index (χ4v) is 2.73. The van der Waals surface area contributed by atoms with Crippen molar-refractivity contribution in [2.75, 3.05) is 40.3 Å².